The number of methoxy groups -OCH3 is 1. The highest BCUT2D eigenvalue weighted by molar-refractivity contribution is 9.10. The van der Waals surface area contributed by atoms with Crippen LogP contribution in [0.5, 0.6) is 5.75 Å². The number of hydrogen-bond donors (Lipinski definition) is 3. The predicted octanol–water partition coefficient (Wildman–Crippen LogP) is 7.63. The highest BCUT2D eigenvalue weighted by Crippen LogP contribution is 2.33. The molecule has 0 saturated heterocycles. The standard InChI is InChI=1S/C35H48BrFN4O2/c1-43-33-20-14-27(36)21-26(33)13-19-30-31(11-6-12-32(30)37)34(42)40-35(38)39-28-15-17-29(18-16-28)41(22-24-7-2-3-8-24)23-25-9-4-5-10-25/h6,11-12,14,20-21,24-25,28-29H,2-5,7-10,13,15-19,22-23H2,1H3,(H3,38,39,40,42)/t28-,29-. The number of rotatable bonds is 11. The molecule has 0 bridgehead atoms. The first-order valence-electron chi connectivity index (χ1n) is 16.4. The SMILES string of the molecule is COc1ccc(Br)cc1CCc1c(F)cccc1C(=O)NC(=N)N[C@H]1CC[C@H](N(CC2CCCC2)CC2CCCC2)CC1. The van der Waals surface area contributed by atoms with E-state index in [4.69, 9.17) is 10.1 Å². The van der Waals surface area contributed by atoms with Crippen LogP contribution in [0.25, 0.3) is 0 Å². The van der Waals surface area contributed by atoms with Crippen molar-refractivity contribution in [2.75, 3.05) is 20.2 Å². The van der Waals surface area contributed by atoms with Crippen molar-refractivity contribution >= 4 is 27.8 Å². The van der Waals surface area contributed by atoms with E-state index in [2.05, 4.69) is 31.5 Å². The molecule has 6 nitrogen and oxygen atoms in total. The zero-order chi connectivity index (χ0) is 30.2. The molecule has 0 atom stereocenters. The summed E-state index contributed by atoms with van der Waals surface area (Å²) in [5, 5.41) is 14.5. The summed E-state index contributed by atoms with van der Waals surface area (Å²) in [6, 6.07) is 11.1. The molecule has 43 heavy (non-hydrogen) atoms. The number of carbonyl (C=O) groups is 1. The first kappa shape index (κ1) is 32.0. The average molecular weight is 656 g/mol. The van der Waals surface area contributed by atoms with Gasteiger partial charge in [-0.3, -0.25) is 20.4 Å². The molecule has 0 unspecified atom stereocenters. The van der Waals surface area contributed by atoms with Gasteiger partial charge < -0.3 is 10.1 Å². The lowest BCUT2D eigenvalue weighted by Gasteiger charge is -2.39. The molecule has 8 heteroatoms. The maximum atomic E-state index is 14.9. The lowest BCUT2D eigenvalue weighted by molar-refractivity contribution is 0.0971. The molecule has 1 amide bonds. The number of amides is 1. The van der Waals surface area contributed by atoms with E-state index in [0.29, 0.717) is 24.4 Å². The summed E-state index contributed by atoms with van der Waals surface area (Å²) in [4.78, 5) is 16.1. The van der Waals surface area contributed by atoms with Crippen molar-refractivity contribution in [1.82, 2.24) is 15.5 Å². The first-order chi connectivity index (χ1) is 20.9. The van der Waals surface area contributed by atoms with Gasteiger partial charge in [0.05, 0.1) is 7.11 Å². The fourth-order valence-electron chi connectivity index (χ4n) is 7.66. The molecular weight excluding hydrogens is 607 g/mol. The summed E-state index contributed by atoms with van der Waals surface area (Å²) >= 11 is 3.49. The summed E-state index contributed by atoms with van der Waals surface area (Å²) < 4.78 is 21.3. The summed E-state index contributed by atoms with van der Waals surface area (Å²) in [5.74, 6) is 1.58. The molecule has 0 aromatic heterocycles. The third-order valence-corrected chi connectivity index (χ3v) is 10.5. The predicted molar refractivity (Wildman–Crippen MR) is 174 cm³/mol. The van der Waals surface area contributed by atoms with Crippen LogP contribution in [0.2, 0.25) is 0 Å². The van der Waals surface area contributed by atoms with Crippen molar-refractivity contribution < 1.29 is 13.9 Å². The Balaban J connectivity index is 1.14. The van der Waals surface area contributed by atoms with Crippen LogP contribution in [0.3, 0.4) is 0 Å². The van der Waals surface area contributed by atoms with Crippen molar-refractivity contribution in [3.05, 3.63) is 63.4 Å². The van der Waals surface area contributed by atoms with Crippen LogP contribution in [-0.2, 0) is 12.8 Å². The summed E-state index contributed by atoms with van der Waals surface area (Å²) in [6.45, 7) is 2.52. The normalized spacial score (nSPS) is 21.3. The van der Waals surface area contributed by atoms with E-state index in [1.165, 1.54) is 70.5 Å². The van der Waals surface area contributed by atoms with Gasteiger partial charge >= 0.3 is 0 Å². The molecule has 5 rings (SSSR count). The second-order valence-corrected chi connectivity index (χ2v) is 13.9. The van der Waals surface area contributed by atoms with E-state index < -0.39 is 11.7 Å². The first-order valence-corrected chi connectivity index (χ1v) is 17.2. The van der Waals surface area contributed by atoms with E-state index in [-0.39, 0.29) is 17.6 Å². The molecular formula is C35H48BrFN4O2. The molecule has 2 aromatic rings. The van der Waals surface area contributed by atoms with Gasteiger partial charge in [0.2, 0.25) is 0 Å². The molecule has 0 heterocycles. The van der Waals surface area contributed by atoms with Crippen LogP contribution in [0.1, 0.15) is 98.5 Å². The van der Waals surface area contributed by atoms with E-state index in [1.807, 2.05) is 18.2 Å². The van der Waals surface area contributed by atoms with Crippen molar-refractivity contribution in [3.63, 3.8) is 0 Å². The molecule has 0 radical (unpaired) electrons. The Morgan fingerprint density at radius 2 is 1.60 bits per heavy atom. The Morgan fingerprint density at radius 1 is 0.953 bits per heavy atom. The number of benzene rings is 2. The fourth-order valence-corrected chi connectivity index (χ4v) is 8.06. The van der Waals surface area contributed by atoms with Crippen LogP contribution in [0, 0.1) is 23.1 Å². The molecule has 3 N–H and O–H groups in total. The molecule has 0 spiro atoms. The Kier molecular flexibility index (Phi) is 11.5. The molecule has 3 aliphatic carbocycles. The highest BCUT2D eigenvalue weighted by atomic mass is 79.9. The molecule has 3 fully saturated rings. The Bertz CT molecular complexity index is 1220. The zero-order valence-electron chi connectivity index (χ0n) is 25.6. The topological polar surface area (TPSA) is 77.4 Å². The maximum absolute atomic E-state index is 14.9. The number of carbonyl (C=O) groups excluding carboxylic acids is 1. The summed E-state index contributed by atoms with van der Waals surface area (Å²) in [5.41, 5.74) is 1.54. The zero-order valence-corrected chi connectivity index (χ0v) is 27.2. The van der Waals surface area contributed by atoms with Gasteiger partial charge in [0.1, 0.15) is 11.6 Å². The molecule has 3 aliphatic rings. The lowest BCUT2D eigenvalue weighted by atomic mass is 9.88. The smallest absolute Gasteiger partial charge is 0.258 e. The number of halogens is 2. The van der Waals surface area contributed by atoms with Crippen LogP contribution in [0.4, 0.5) is 4.39 Å². The number of aryl methyl sites for hydroxylation is 1. The molecule has 2 aromatic carbocycles. The minimum atomic E-state index is -0.457. The Morgan fingerprint density at radius 3 is 2.23 bits per heavy atom. The minimum Gasteiger partial charge on any atom is -0.496 e. The summed E-state index contributed by atoms with van der Waals surface area (Å²) in [6.07, 6.45) is 16.2. The number of hydrogen-bond acceptors (Lipinski definition) is 4. The third kappa shape index (κ3) is 8.81. The van der Waals surface area contributed by atoms with Crippen molar-refractivity contribution in [2.45, 2.75) is 102 Å². The van der Waals surface area contributed by atoms with Gasteiger partial charge in [-0.2, -0.15) is 0 Å². The second-order valence-electron chi connectivity index (χ2n) is 13.0. The fraction of sp³-hybridized carbons (Fsp3) is 0.600. The Hall–Kier alpha value is -2.45. The van der Waals surface area contributed by atoms with Crippen molar-refractivity contribution in [1.29, 1.82) is 5.41 Å². The van der Waals surface area contributed by atoms with Crippen LogP contribution in [0.15, 0.2) is 40.9 Å². The lowest BCUT2D eigenvalue weighted by Crippen LogP contribution is -2.49. The average Bonchev–Trinajstić information content (AvgIpc) is 3.71. The van der Waals surface area contributed by atoms with Crippen molar-refractivity contribution in [2.24, 2.45) is 11.8 Å². The quantitative estimate of drug-likeness (QED) is 0.172. The van der Waals surface area contributed by atoms with Crippen LogP contribution >= 0.6 is 15.9 Å². The molecule has 0 aliphatic heterocycles. The maximum Gasteiger partial charge on any atom is 0.258 e. The number of ether oxygens (including phenoxy) is 1. The van der Waals surface area contributed by atoms with Crippen LogP contribution < -0.4 is 15.4 Å². The van der Waals surface area contributed by atoms with E-state index in [0.717, 1.165) is 53.3 Å². The van der Waals surface area contributed by atoms with E-state index in [1.54, 1.807) is 19.2 Å². The third-order valence-electron chi connectivity index (χ3n) is 9.99. The summed E-state index contributed by atoms with van der Waals surface area (Å²) in [7, 11) is 1.61. The van der Waals surface area contributed by atoms with Crippen LogP contribution in [-0.4, -0.2) is 49.0 Å². The monoisotopic (exact) mass is 654 g/mol. The van der Waals surface area contributed by atoms with Gasteiger partial charge in [-0.15, -0.1) is 0 Å². The largest absolute Gasteiger partial charge is 0.496 e. The van der Waals surface area contributed by atoms with Gasteiger partial charge in [-0.1, -0.05) is 47.7 Å². The van der Waals surface area contributed by atoms with Gasteiger partial charge in [0, 0.05) is 40.8 Å². The molecule has 234 valence electrons. The van der Waals surface area contributed by atoms with Crippen molar-refractivity contribution in [3.8, 4) is 5.75 Å². The van der Waals surface area contributed by atoms with Gasteiger partial charge in [0.15, 0.2) is 5.96 Å². The van der Waals surface area contributed by atoms with E-state index in [9.17, 15) is 9.18 Å². The minimum absolute atomic E-state index is 0.00825. The van der Waals surface area contributed by atoms with Gasteiger partial charge in [-0.05, 0) is 112 Å². The van der Waals surface area contributed by atoms with Gasteiger partial charge in [-0.25, -0.2) is 4.39 Å². The van der Waals surface area contributed by atoms with Gasteiger partial charge in [0.25, 0.3) is 5.91 Å². The highest BCUT2D eigenvalue weighted by Gasteiger charge is 2.31. The Labute approximate surface area is 265 Å². The number of nitrogens with one attached hydrogen (secondary N) is 3. The number of guanidine groups is 1. The molecule has 3 saturated carbocycles. The number of nitrogens with zero attached hydrogens (tertiary/aromatic N) is 1. The van der Waals surface area contributed by atoms with E-state index >= 15 is 0 Å². The second kappa shape index (κ2) is 15.5.